The number of hydrogen-bond donors (Lipinski definition) is 1. The fraction of sp³-hybridized carbons (Fsp3) is 0.100. The second kappa shape index (κ2) is 9.86. The number of carbonyl (C=O) groups is 1. The number of hydrogen-bond acceptors (Lipinski definition) is 7. The molecule has 206 valence electrons. The number of furan rings is 1. The van der Waals surface area contributed by atoms with Crippen LogP contribution < -0.4 is 9.62 Å². The first-order valence-corrected chi connectivity index (χ1v) is 14.3. The number of benzene rings is 3. The number of halogens is 1. The standard InChI is InChI=1S/C30H23FN4O5S/c1-32-28(36)26-22-15-21(18-6-4-7-19(14-18)29-34-23-8-5-13-33-30(23)40-29)24(35(2)41(3,37)38)16-25(22)39-27(26)17-9-11-20(31)12-10-17/h4-16H,1-3H3,(H,32,36). The average Bonchev–Trinajstić information content (AvgIpc) is 3.57. The maximum atomic E-state index is 13.7. The topological polar surface area (TPSA) is 119 Å². The highest BCUT2D eigenvalue weighted by Gasteiger charge is 2.26. The number of aromatic nitrogens is 2. The summed E-state index contributed by atoms with van der Waals surface area (Å²) >= 11 is 0. The monoisotopic (exact) mass is 570 g/mol. The van der Waals surface area contributed by atoms with Crippen LogP contribution in [0.2, 0.25) is 0 Å². The molecule has 3 heterocycles. The number of fused-ring (bicyclic) bond motifs is 2. The van der Waals surface area contributed by atoms with E-state index in [9.17, 15) is 17.6 Å². The van der Waals surface area contributed by atoms with Crippen molar-refractivity contribution in [1.82, 2.24) is 15.3 Å². The van der Waals surface area contributed by atoms with Gasteiger partial charge in [-0.3, -0.25) is 9.10 Å². The summed E-state index contributed by atoms with van der Waals surface area (Å²) in [6.07, 6.45) is 2.72. The van der Waals surface area contributed by atoms with E-state index in [0.29, 0.717) is 56.0 Å². The first-order valence-electron chi connectivity index (χ1n) is 12.5. The van der Waals surface area contributed by atoms with Crippen LogP contribution in [0, 0.1) is 5.82 Å². The Labute approximate surface area is 234 Å². The van der Waals surface area contributed by atoms with Crippen LogP contribution in [0.15, 0.2) is 87.8 Å². The molecule has 0 aliphatic heterocycles. The Balaban J connectivity index is 1.61. The minimum atomic E-state index is -3.68. The van der Waals surface area contributed by atoms with Crippen molar-refractivity contribution in [1.29, 1.82) is 0 Å². The van der Waals surface area contributed by atoms with Crippen molar-refractivity contribution in [3.05, 3.63) is 90.4 Å². The highest BCUT2D eigenvalue weighted by Crippen LogP contribution is 2.42. The fourth-order valence-electron chi connectivity index (χ4n) is 4.67. The Morgan fingerprint density at radius 3 is 2.41 bits per heavy atom. The number of sulfonamides is 1. The number of nitrogens with zero attached hydrogens (tertiary/aromatic N) is 3. The molecule has 1 N–H and O–H groups in total. The van der Waals surface area contributed by atoms with Gasteiger partial charge in [0.1, 0.15) is 22.7 Å². The molecular formula is C30H23FN4O5S. The van der Waals surface area contributed by atoms with E-state index < -0.39 is 21.7 Å². The van der Waals surface area contributed by atoms with E-state index in [0.717, 1.165) is 10.6 Å². The molecule has 0 radical (unpaired) electrons. The molecule has 0 fully saturated rings. The summed E-state index contributed by atoms with van der Waals surface area (Å²) in [6, 6.07) is 19.7. The van der Waals surface area contributed by atoms with Crippen molar-refractivity contribution in [2.45, 2.75) is 0 Å². The van der Waals surface area contributed by atoms with Crippen LogP contribution in [0.5, 0.6) is 0 Å². The lowest BCUT2D eigenvalue weighted by Crippen LogP contribution is -2.25. The Morgan fingerprint density at radius 2 is 1.71 bits per heavy atom. The van der Waals surface area contributed by atoms with Gasteiger partial charge in [0.25, 0.3) is 5.91 Å². The quantitative estimate of drug-likeness (QED) is 0.266. The molecule has 0 aliphatic carbocycles. The second-order valence-electron chi connectivity index (χ2n) is 9.42. The predicted octanol–water partition coefficient (Wildman–Crippen LogP) is 5.86. The summed E-state index contributed by atoms with van der Waals surface area (Å²) in [5.41, 5.74) is 4.19. The first-order chi connectivity index (χ1) is 19.6. The van der Waals surface area contributed by atoms with Gasteiger partial charge in [0.05, 0.1) is 17.5 Å². The van der Waals surface area contributed by atoms with Crippen LogP contribution in [-0.4, -0.2) is 44.6 Å². The van der Waals surface area contributed by atoms with E-state index in [-0.39, 0.29) is 11.3 Å². The SMILES string of the molecule is CNC(=O)c1c(-c2ccc(F)cc2)oc2cc(N(C)S(C)(=O)=O)c(-c3cccc(-c4nc5cccnc5o4)c3)cc12. The average molecular weight is 571 g/mol. The number of pyridine rings is 1. The summed E-state index contributed by atoms with van der Waals surface area (Å²) in [5, 5.41) is 3.10. The van der Waals surface area contributed by atoms with E-state index in [4.69, 9.17) is 8.83 Å². The summed E-state index contributed by atoms with van der Waals surface area (Å²) in [7, 11) is -0.739. The summed E-state index contributed by atoms with van der Waals surface area (Å²) in [5.74, 6) is -0.254. The van der Waals surface area contributed by atoms with Gasteiger partial charge in [-0.2, -0.15) is 0 Å². The highest BCUT2D eigenvalue weighted by atomic mass is 32.2. The zero-order valence-corrected chi connectivity index (χ0v) is 23.0. The number of carbonyl (C=O) groups excluding carboxylic acids is 1. The molecule has 0 aliphatic rings. The third-order valence-electron chi connectivity index (χ3n) is 6.79. The van der Waals surface area contributed by atoms with Gasteiger partial charge in [-0.25, -0.2) is 22.8 Å². The fourth-order valence-corrected chi connectivity index (χ4v) is 5.18. The van der Waals surface area contributed by atoms with Crippen molar-refractivity contribution < 1.29 is 26.4 Å². The molecule has 0 saturated heterocycles. The Kier molecular flexibility index (Phi) is 6.30. The lowest BCUT2D eigenvalue weighted by Gasteiger charge is -2.21. The van der Waals surface area contributed by atoms with Crippen molar-refractivity contribution in [3.63, 3.8) is 0 Å². The molecule has 9 nitrogen and oxygen atoms in total. The van der Waals surface area contributed by atoms with Crippen LogP contribution >= 0.6 is 0 Å². The van der Waals surface area contributed by atoms with E-state index in [2.05, 4.69) is 15.3 Å². The third kappa shape index (κ3) is 4.70. The minimum absolute atomic E-state index is 0.234. The second-order valence-corrected chi connectivity index (χ2v) is 11.4. The molecule has 0 bridgehead atoms. The zero-order valence-electron chi connectivity index (χ0n) is 22.2. The number of nitrogens with one attached hydrogen (secondary N) is 1. The zero-order chi connectivity index (χ0) is 28.9. The molecule has 3 aromatic carbocycles. The van der Waals surface area contributed by atoms with Crippen molar-refractivity contribution >= 4 is 43.8 Å². The van der Waals surface area contributed by atoms with E-state index in [1.165, 1.54) is 38.4 Å². The van der Waals surface area contributed by atoms with Crippen LogP contribution in [-0.2, 0) is 10.0 Å². The van der Waals surface area contributed by atoms with Crippen LogP contribution in [0.1, 0.15) is 10.4 Å². The van der Waals surface area contributed by atoms with Gasteiger partial charge in [-0.05, 0) is 60.2 Å². The normalized spacial score (nSPS) is 11.7. The van der Waals surface area contributed by atoms with Gasteiger partial charge in [0.15, 0.2) is 0 Å². The van der Waals surface area contributed by atoms with E-state index in [1.807, 2.05) is 18.2 Å². The van der Waals surface area contributed by atoms with E-state index in [1.54, 1.807) is 36.5 Å². The van der Waals surface area contributed by atoms with Crippen molar-refractivity contribution in [2.75, 3.05) is 24.7 Å². The third-order valence-corrected chi connectivity index (χ3v) is 7.98. The number of rotatable bonds is 6. The maximum absolute atomic E-state index is 13.7. The summed E-state index contributed by atoms with van der Waals surface area (Å²) in [6.45, 7) is 0. The Hall–Kier alpha value is -5.03. The maximum Gasteiger partial charge on any atom is 0.255 e. The molecule has 6 aromatic rings. The Morgan fingerprint density at radius 1 is 0.951 bits per heavy atom. The molecule has 3 aromatic heterocycles. The van der Waals surface area contributed by atoms with Crippen molar-refractivity contribution in [3.8, 4) is 33.9 Å². The van der Waals surface area contributed by atoms with Crippen LogP contribution in [0.4, 0.5) is 10.1 Å². The lowest BCUT2D eigenvalue weighted by molar-refractivity contribution is 0.0964. The first kappa shape index (κ1) is 26.2. The number of anilines is 1. The minimum Gasteiger partial charge on any atom is -0.455 e. The molecule has 0 saturated carbocycles. The van der Waals surface area contributed by atoms with Crippen LogP contribution in [0.3, 0.4) is 0 Å². The lowest BCUT2D eigenvalue weighted by atomic mass is 9.97. The van der Waals surface area contributed by atoms with Crippen LogP contribution in [0.25, 0.3) is 56.1 Å². The largest absolute Gasteiger partial charge is 0.455 e. The smallest absolute Gasteiger partial charge is 0.255 e. The number of oxazole rings is 1. The Bertz CT molecular complexity index is 2030. The van der Waals surface area contributed by atoms with Gasteiger partial charge >= 0.3 is 0 Å². The van der Waals surface area contributed by atoms with Gasteiger partial charge in [0.2, 0.25) is 21.6 Å². The molecular weight excluding hydrogens is 547 g/mol. The van der Waals surface area contributed by atoms with Gasteiger partial charge < -0.3 is 14.2 Å². The summed E-state index contributed by atoms with van der Waals surface area (Å²) < 4.78 is 52.2. The molecule has 1 amide bonds. The molecule has 41 heavy (non-hydrogen) atoms. The molecule has 0 unspecified atom stereocenters. The highest BCUT2D eigenvalue weighted by molar-refractivity contribution is 7.92. The van der Waals surface area contributed by atoms with Gasteiger partial charge in [-0.15, -0.1) is 0 Å². The molecule has 0 spiro atoms. The number of amides is 1. The summed E-state index contributed by atoms with van der Waals surface area (Å²) in [4.78, 5) is 21.8. The van der Waals surface area contributed by atoms with E-state index >= 15 is 0 Å². The van der Waals surface area contributed by atoms with Crippen molar-refractivity contribution in [2.24, 2.45) is 0 Å². The predicted molar refractivity (Wildman–Crippen MR) is 154 cm³/mol. The molecule has 6 rings (SSSR count). The van der Waals surface area contributed by atoms with Gasteiger partial charge in [-0.1, -0.05) is 12.1 Å². The molecule has 11 heteroatoms. The molecule has 0 atom stereocenters. The van der Waals surface area contributed by atoms with Gasteiger partial charge in [0, 0.05) is 48.4 Å².